The Morgan fingerprint density at radius 2 is 2.06 bits per heavy atom. The highest BCUT2D eigenvalue weighted by atomic mass is 127. The zero-order valence-corrected chi connectivity index (χ0v) is 11.7. The third-order valence-electron chi connectivity index (χ3n) is 2.14. The average molecular weight is 388 g/mol. The van der Waals surface area contributed by atoms with E-state index in [1.807, 2.05) is 22.6 Å². The fourth-order valence-corrected chi connectivity index (χ4v) is 2.05. The molecule has 0 saturated heterocycles. The first-order valence-electron chi connectivity index (χ1n) is 4.81. The van der Waals surface area contributed by atoms with E-state index < -0.39 is 12.8 Å². The normalized spacial score (nSPS) is 11.8. The van der Waals surface area contributed by atoms with Crippen molar-refractivity contribution in [2.75, 3.05) is 6.61 Å². The number of benzene rings is 1. The highest BCUT2D eigenvalue weighted by molar-refractivity contribution is 14.1. The maximum atomic E-state index is 12.1. The predicted octanol–water partition coefficient (Wildman–Crippen LogP) is 4.43. The van der Waals surface area contributed by atoms with Crippen molar-refractivity contribution in [3.63, 3.8) is 0 Å². The van der Waals surface area contributed by atoms with Gasteiger partial charge >= 0.3 is 6.18 Å². The quantitative estimate of drug-likeness (QED) is 0.711. The Morgan fingerprint density at radius 1 is 1.33 bits per heavy atom. The van der Waals surface area contributed by atoms with Crippen molar-refractivity contribution in [3.8, 4) is 5.75 Å². The summed E-state index contributed by atoms with van der Waals surface area (Å²) in [6.07, 6.45) is -2.89. The van der Waals surface area contributed by atoms with Crippen LogP contribution in [0.5, 0.6) is 5.75 Å². The second-order valence-electron chi connectivity index (χ2n) is 3.48. The minimum atomic E-state index is -4.38. The summed E-state index contributed by atoms with van der Waals surface area (Å²) >= 11 is 8.07. The second-order valence-corrected chi connectivity index (χ2v) is 5.02. The van der Waals surface area contributed by atoms with Gasteiger partial charge in [0, 0.05) is 11.6 Å². The van der Waals surface area contributed by atoms with E-state index in [4.69, 9.17) is 16.3 Å². The zero-order chi connectivity index (χ0) is 13.3. The fraction of sp³-hybridized carbons (Fsp3) is 0.182. The molecule has 7 heteroatoms. The van der Waals surface area contributed by atoms with Gasteiger partial charge < -0.3 is 4.74 Å². The summed E-state index contributed by atoms with van der Waals surface area (Å²) in [6.45, 7) is -1.35. The predicted molar refractivity (Wildman–Crippen MR) is 71.0 cm³/mol. The summed E-state index contributed by atoms with van der Waals surface area (Å²) in [4.78, 5) is 4.06. The molecule has 0 atom stereocenters. The van der Waals surface area contributed by atoms with Crippen LogP contribution >= 0.6 is 34.2 Å². The molecule has 0 radical (unpaired) electrons. The first kappa shape index (κ1) is 13.7. The molecule has 1 aromatic heterocycles. The van der Waals surface area contributed by atoms with Gasteiger partial charge in [0.25, 0.3) is 0 Å². The highest BCUT2D eigenvalue weighted by Crippen LogP contribution is 2.32. The first-order chi connectivity index (χ1) is 8.38. The molecule has 0 amide bonds. The third-order valence-corrected chi connectivity index (χ3v) is 3.69. The molecule has 0 spiro atoms. The molecule has 2 rings (SSSR count). The van der Waals surface area contributed by atoms with Gasteiger partial charge in [0.1, 0.15) is 11.3 Å². The fourth-order valence-electron chi connectivity index (χ4n) is 1.42. The molecule has 18 heavy (non-hydrogen) atoms. The van der Waals surface area contributed by atoms with E-state index in [1.54, 1.807) is 12.1 Å². The van der Waals surface area contributed by atoms with Crippen molar-refractivity contribution >= 4 is 45.1 Å². The van der Waals surface area contributed by atoms with Crippen molar-refractivity contribution in [2.45, 2.75) is 6.18 Å². The summed E-state index contributed by atoms with van der Waals surface area (Å²) in [5, 5.41) is 1.03. The summed E-state index contributed by atoms with van der Waals surface area (Å²) < 4.78 is 41.8. The van der Waals surface area contributed by atoms with Gasteiger partial charge in [-0.25, -0.2) is 0 Å². The molecule has 0 fully saturated rings. The Bertz CT molecular complexity index is 588. The maximum Gasteiger partial charge on any atom is 0.422 e. The van der Waals surface area contributed by atoms with E-state index in [-0.39, 0.29) is 5.75 Å². The summed E-state index contributed by atoms with van der Waals surface area (Å²) in [6, 6.07) is 4.70. The molecule has 1 aromatic carbocycles. The Hall–Kier alpha value is -0.760. The molecule has 0 saturated carbocycles. The molecule has 0 aliphatic carbocycles. The standard InChI is InChI=1S/C11H6ClF3INO/c12-9-6-2-1-3-8(18-5-11(13,14)15)10(6)17-4-7(9)16/h1-4H,5H2. The molecular weight excluding hydrogens is 381 g/mol. The Kier molecular flexibility index (Phi) is 3.86. The van der Waals surface area contributed by atoms with Gasteiger partial charge in [-0.3, -0.25) is 4.98 Å². The molecule has 2 nitrogen and oxygen atoms in total. The molecule has 0 aliphatic rings. The Balaban J connectivity index is 2.43. The number of nitrogens with zero attached hydrogens (tertiary/aromatic N) is 1. The van der Waals surface area contributed by atoms with Crippen LogP contribution in [0.1, 0.15) is 0 Å². The summed E-state index contributed by atoms with van der Waals surface area (Å²) in [5.74, 6) is 0.0723. The Morgan fingerprint density at radius 3 is 2.72 bits per heavy atom. The van der Waals surface area contributed by atoms with Gasteiger partial charge in [0.05, 0.1) is 8.59 Å². The van der Waals surface area contributed by atoms with Crippen LogP contribution < -0.4 is 4.74 Å². The lowest BCUT2D eigenvalue weighted by Gasteiger charge is -2.11. The monoisotopic (exact) mass is 387 g/mol. The topological polar surface area (TPSA) is 22.1 Å². The van der Waals surface area contributed by atoms with E-state index >= 15 is 0 Å². The van der Waals surface area contributed by atoms with E-state index in [2.05, 4.69) is 4.98 Å². The van der Waals surface area contributed by atoms with E-state index in [0.717, 1.165) is 3.57 Å². The molecule has 0 bridgehead atoms. The molecule has 0 unspecified atom stereocenters. The number of fused-ring (bicyclic) bond motifs is 1. The smallest absolute Gasteiger partial charge is 0.422 e. The molecule has 0 N–H and O–H groups in total. The van der Waals surface area contributed by atoms with Gasteiger partial charge in [-0.2, -0.15) is 13.2 Å². The molecule has 1 heterocycles. The first-order valence-corrected chi connectivity index (χ1v) is 6.26. The lowest BCUT2D eigenvalue weighted by Crippen LogP contribution is -2.19. The zero-order valence-electron chi connectivity index (χ0n) is 8.76. The molecule has 0 aliphatic heterocycles. The van der Waals surface area contributed by atoms with Crippen LogP contribution in [0.3, 0.4) is 0 Å². The third kappa shape index (κ3) is 2.97. The summed E-state index contributed by atoms with van der Waals surface area (Å²) in [7, 11) is 0. The van der Waals surface area contributed by atoms with Crippen molar-refractivity contribution in [3.05, 3.63) is 33.0 Å². The van der Waals surface area contributed by atoms with Crippen LogP contribution in [-0.2, 0) is 0 Å². The number of aromatic nitrogens is 1. The van der Waals surface area contributed by atoms with Crippen molar-refractivity contribution in [1.29, 1.82) is 0 Å². The van der Waals surface area contributed by atoms with Crippen LogP contribution in [0, 0.1) is 3.57 Å². The largest absolute Gasteiger partial charge is 0.482 e. The minimum absolute atomic E-state index is 0.0723. The van der Waals surface area contributed by atoms with E-state index in [0.29, 0.717) is 15.9 Å². The number of pyridine rings is 1. The average Bonchev–Trinajstić information content (AvgIpc) is 2.30. The Labute approximate surface area is 119 Å². The highest BCUT2D eigenvalue weighted by Gasteiger charge is 2.28. The van der Waals surface area contributed by atoms with Crippen molar-refractivity contribution in [1.82, 2.24) is 4.98 Å². The minimum Gasteiger partial charge on any atom is -0.482 e. The lowest BCUT2D eigenvalue weighted by molar-refractivity contribution is -0.153. The van der Waals surface area contributed by atoms with Gasteiger partial charge in [-0.15, -0.1) is 0 Å². The van der Waals surface area contributed by atoms with Crippen molar-refractivity contribution in [2.24, 2.45) is 0 Å². The molecule has 2 aromatic rings. The maximum absolute atomic E-state index is 12.1. The number of rotatable bonds is 2. The van der Waals surface area contributed by atoms with Crippen LogP contribution in [0.2, 0.25) is 5.02 Å². The number of hydrogen-bond donors (Lipinski definition) is 0. The van der Waals surface area contributed by atoms with Crippen LogP contribution in [0.25, 0.3) is 10.9 Å². The van der Waals surface area contributed by atoms with Gasteiger partial charge in [0.2, 0.25) is 0 Å². The van der Waals surface area contributed by atoms with Gasteiger partial charge in [0.15, 0.2) is 6.61 Å². The van der Waals surface area contributed by atoms with E-state index in [9.17, 15) is 13.2 Å². The molecular formula is C11H6ClF3INO. The summed E-state index contributed by atoms with van der Waals surface area (Å²) in [5.41, 5.74) is 0.326. The van der Waals surface area contributed by atoms with Crippen LogP contribution in [0.4, 0.5) is 13.2 Å². The number of alkyl halides is 3. The number of hydrogen-bond acceptors (Lipinski definition) is 2. The van der Waals surface area contributed by atoms with Gasteiger partial charge in [-0.05, 0) is 28.7 Å². The number of halogens is 5. The molecule has 96 valence electrons. The van der Waals surface area contributed by atoms with Gasteiger partial charge in [-0.1, -0.05) is 23.7 Å². The van der Waals surface area contributed by atoms with Crippen LogP contribution in [-0.4, -0.2) is 17.8 Å². The number of ether oxygens (including phenoxy) is 1. The van der Waals surface area contributed by atoms with Crippen LogP contribution in [0.15, 0.2) is 24.4 Å². The van der Waals surface area contributed by atoms with Crippen molar-refractivity contribution < 1.29 is 17.9 Å². The lowest BCUT2D eigenvalue weighted by atomic mass is 10.2. The SMILES string of the molecule is FC(F)(F)COc1cccc2c(Cl)c(I)cnc12. The second kappa shape index (κ2) is 5.08. The number of para-hydroxylation sites is 1. The van der Waals surface area contributed by atoms with E-state index in [1.165, 1.54) is 12.3 Å².